The number of carbonyl (C=O) groups excluding carboxylic acids is 1. The molecule has 0 aromatic heterocycles. The van der Waals surface area contributed by atoms with Crippen molar-refractivity contribution in [3.8, 4) is 0 Å². The predicted molar refractivity (Wildman–Crippen MR) is 130 cm³/mol. The average molecular weight is 535 g/mol. The Bertz CT molecular complexity index is 1190. The fourth-order valence-corrected chi connectivity index (χ4v) is 4.84. The highest BCUT2D eigenvalue weighted by Gasteiger charge is 2.26. The fourth-order valence-electron chi connectivity index (χ4n) is 2.90. The van der Waals surface area contributed by atoms with E-state index in [0.717, 1.165) is 19.9 Å². The normalized spacial score (nSPS) is 11.7. The SMILES string of the molecule is O=C(CN(CCc1ccccc1)S(=O)(=O)c1ccc(Cl)cc1)N/N=C\c1cccc(Br)c1. The summed E-state index contributed by atoms with van der Waals surface area (Å²) in [6.45, 7) is -0.231. The smallest absolute Gasteiger partial charge is 0.255 e. The molecule has 0 heterocycles. The van der Waals surface area contributed by atoms with Gasteiger partial charge in [-0.25, -0.2) is 13.8 Å². The molecule has 0 atom stereocenters. The van der Waals surface area contributed by atoms with Crippen molar-refractivity contribution in [3.63, 3.8) is 0 Å². The summed E-state index contributed by atoms with van der Waals surface area (Å²) in [5.74, 6) is -0.540. The monoisotopic (exact) mass is 533 g/mol. The third-order valence-corrected chi connectivity index (χ3v) is 7.12. The first-order valence-corrected chi connectivity index (χ1v) is 12.3. The van der Waals surface area contributed by atoms with E-state index in [-0.39, 0.29) is 18.0 Å². The number of hydrogen-bond donors (Lipinski definition) is 1. The van der Waals surface area contributed by atoms with Crippen LogP contribution in [0.3, 0.4) is 0 Å². The van der Waals surface area contributed by atoms with Gasteiger partial charge in [-0.15, -0.1) is 0 Å². The summed E-state index contributed by atoms with van der Waals surface area (Å²) < 4.78 is 28.4. The van der Waals surface area contributed by atoms with Gasteiger partial charge in [-0.1, -0.05) is 70.0 Å². The number of hydrogen-bond acceptors (Lipinski definition) is 4. The van der Waals surface area contributed by atoms with E-state index in [4.69, 9.17) is 11.6 Å². The number of rotatable bonds is 9. The Labute approximate surface area is 201 Å². The maximum atomic E-state index is 13.2. The van der Waals surface area contributed by atoms with E-state index in [2.05, 4.69) is 26.5 Å². The molecule has 0 aliphatic rings. The molecule has 1 N–H and O–H groups in total. The summed E-state index contributed by atoms with van der Waals surface area (Å²) >= 11 is 9.26. The van der Waals surface area contributed by atoms with Gasteiger partial charge in [0.1, 0.15) is 0 Å². The largest absolute Gasteiger partial charge is 0.272 e. The number of sulfonamides is 1. The Morgan fingerprint density at radius 1 is 1.03 bits per heavy atom. The quantitative estimate of drug-likeness (QED) is 0.325. The minimum atomic E-state index is -3.91. The van der Waals surface area contributed by atoms with E-state index in [0.29, 0.717) is 11.4 Å². The maximum absolute atomic E-state index is 13.2. The summed E-state index contributed by atoms with van der Waals surface area (Å²) in [6.07, 6.45) is 1.95. The number of benzene rings is 3. The molecule has 3 aromatic rings. The Morgan fingerprint density at radius 3 is 2.44 bits per heavy atom. The van der Waals surface area contributed by atoms with Crippen molar-refractivity contribution in [2.24, 2.45) is 5.10 Å². The van der Waals surface area contributed by atoms with Crippen LogP contribution < -0.4 is 5.43 Å². The van der Waals surface area contributed by atoms with Gasteiger partial charge in [0, 0.05) is 16.0 Å². The molecule has 0 saturated carbocycles. The summed E-state index contributed by atoms with van der Waals surface area (Å²) in [5, 5.41) is 4.37. The lowest BCUT2D eigenvalue weighted by Crippen LogP contribution is -2.40. The van der Waals surface area contributed by atoms with Gasteiger partial charge < -0.3 is 0 Å². The van der Waals surface area contributed by atoms with Gasteiger partial charge in [-0.2, -0.15) is 9.41 Å². The average Bonchev–Trinajstić information content (AvgIpc) is 2.77. The van der Waals surface area contributed by atoms with Crippen LogP contribution >= 0.6 is 27.5 Å². The zero-order valence-corrected chi connectivity index (χ0v) is 20.1. The number of nitrogens with zero attached hydrogens (tertiary/aromatic N) is 2. The van der Waals surface area contributed by atoms with Gasteiger partial charge in [0.05, 0.1) is 17.7 Å². The second-order valence-corrected chi connectivity index (χ2v) is 10.2. The third-order valence-electron chi connectivity index (χ3n) is 4.52. The van der Waals surface area contributed by atoms with Gasteiger partial charge in [-0.3, -0.25) is 4.79 Å². The van der Waals surface area contributed by atoms with E-state index >= 15 is 0 Å². The van der Waals surface area contributed by atoms with Crippen LogP contribution in [0.5, 0.6) is 0 Å². The number of nitrogens with one attached hydrogen (secondary N) is 1. The molecule has 0 spiro atoms. The first-order chi connectivity index (χ1) is 15.3. The van der Waals surface area contributed by atoms with Crippen LogP contribution in [0.2, 0.25) is 5.02 Å². The van der Waals surface area contributed by atoms with Crippen molar-refractivity contribution in [3.05, 3.63) is 99.5 Å². The molecule has 0 aliphatic carbocycles. The zero-order valence-electron chi connectivity index (χ0n) is 17.0. The van der Waals surface area contributed by atoms with E-state index in [1.54, 1.807) is 0 Å². The zero-order chi connectivity index (χ0) is 23.0. The Balaban J connectivity index is 1.73. The maximum Gasteiger partial charge on any atom is 0.255 e. The molecule has 166 valence electrons. The number of amides is 1. The van der Waals surface area contributed by atoms with Crippen LogP contribution in [-0.4, -0.2) is 37.9 Å². The molecule has 0 fully saturated rings. The predicted octanol–water partition coefficient (Wildman–Crippen LogP) is 4.49. The van der Waals surface area contributed by atoms with Crippen molar-refractivity contribution in [2.45, 2.75) is 11.3 Å². The van der Waals surface area contributed by atoms with Gasteiger partial charge in [0.25, 0.3) is 5.91 Å². The molecule has 0 bridgehead atoms. The lowest BCUT2D eigenvalue weighted by molar-refractivity contribution is -0.121. The van der Waals surface area contributed by atoms with Crippen LogP contribution in [0.25, 0.3) is 0 Å². The van der Waals surface area contributed by atoms with Crippen LogP contribution in [-0.2, 0) is 21.2 Å². The Kier molecular flexibility index (Phi) is 8.58. The highest BCUT2D eigenvalue weighted by Crippen LogP contribution is 2.19. The molecule has 1 amide bonds. The minimum Gasteiger partial charge on any atom is -0.272 e. The Morgan fingerprint density at radius 2 is 1.75 bits per heavy atom. The van der Waals surface area contributed by atoms with Crippen LogP contribution in [0.15, 0.2) is 93.3 Å². The van der Waals surface area contributed by atoms with E-state index < -0.39 is 15.9 Å². The standard InChI is InChI=1S/C23H21BrClN3O3S/c24-20-8-4-7-19(15-20)16-26-27-23(29)17-28(14-13-18-5-2-1-3-6-18)32(30,31)22-11-9-21(25)10-12-22/h1-12,15-16H,13-14,17H2,(H,27,29)/b26-16-. The second kappa shape index (κ2) is 11.4. The lowest BCUT2D eigenvalue weighted by Gasteiger charge is -2.21. The van der Waals surface area contributed by atoms with Crippen molar-refractivity contribution in [1.29, 1.82) is 0 Å². The molecule has 3 rings (SSSR count). The van der Waals surface area contributed by atoms with Crippen LogP contribution in [0.4, 0.5) is 0 Å². The van der Waals surface area contributed by atoms with Gasteiger partial charge >= 0.3 is 0 Å². The topological polar surface area (TPSA) is 78.8 Å². The summed E-state index contributed by atoms with van der Waals surface area (Å²) in [6, 6.07) is 22.7. The van der Waals surface area contributed by atoms with Crippen molar-refractivity contribution in [2.75, 3.05) is 13.1 Å². The third kappa shape index (κ3) is 7.00. The van der Waals surface area contributed by atoms with Crippen molar-refractivity contribution < 1.29 is 13.2 Å². The highest BCUT2D eigenvalue weighted by molar-refractivity contribution is 9.10. The number of halogens is 2. The highest BCUT2D eigenvalue weighted by atomic mass is 79.9. The molecule has 3 aromatic carbocycles. The summed E-state index contributed by atoms with van der Waals surface area (Å²) in [5.41, 5.74) is 4.16. The molecule has 0 saturated heterocycles. The van der Waals surface area contributed by atoms with E-state index in [1.165, 1.54) is 30.5 Å². The van der Waals surface area contributed by atoms with Crippen molar-refractivity contribution in [1.82, 2.24) is 9.73 Å². The van der Waals surface area contributed by atoms with E-state index in [9.17, 15) is 13.2 Å². The van der Waals surface area contributed by atoms with Crippen LogP contribution in [0, 0.1) is 0 Å². The molecule has 0 radical (unpaired) electrons. The molecule has 0 aliphatic heterocycles. The molecule has 32 heavy (non-hydrogen) atoms. The molecule has 0 unspecified atom stereocenters. The molecular weight excluding hydrogens is 514 g/mol. The lowest BCUT2D eigenvalue weighted by atomic mass is 10.1. The van der Waals surface area contributed by atoms with Gasteiger partial charge in [-0.05, 0) is 53.9 Å². The summed E-state index contributed by atoms with van der Waals surface area (Å²) in [7, 11) is -3.91. The minimum absolute atomic E-state index is 0.0698. The second-order valence-electron chi connectivity index (χ2n) is 6.88. The van der Waals surface area contributed by atoms with Gasteiger partial charge in [0.15, 0.2) is 0 Å². The number of hydrazone groups is 1. The van der Waals surface area contributed by atoms with E-state index in [1.807, 2.05) is 54.6 Å². The fraction of sp³-hybridized carbons (Fsp3) is 0.130. The Hall–Kier alpha value is -2.52. The van der Waals surface area contributed by atoms with Crippen molar-refractivity contribution >= 4 is 49.7 Å². The summed E-state index contributed by atoms with van der Waals surface area (Å²) in [4.78, 5) is 12.6. The molecule has 6 nitrogen and oxygen atoms in total. The molecular formula is C23H21BrClN3O3S. The first-order valence-electron chi connectivity index (χ1n) is 9.72. The molecule has 9 heteroatoms. The van der Waals surface area contributed by atoms with Crippen LogP contribution in [0.1, 0.15) is 11.1 Å². The number of carbonyl (C=O) groups is 1. The van der Waals surface area contributed by atoms with Gasteiger partial charge in [0.2, 0.25) is 10.0 Å². The first kappa shape index (κ1) is 24.1.